The number of ether oxygens (including phenoxy) is 1. The van der Waals surface area contributed by atoms with E-state index in [0.717, 1.165) is 13.0 Å². The van der Waals surface area contributed by atoms with Crippen molar-refractivity contribution in [3.63, 3.8) is 0 Å². The summed E-state index contributed by atoms with van der Waals surface area (Å²) in [5.41, 5.74) is 0. The van der Waals surface area contributed by atoms with E-state index in [1.807, 2.05) is 20.8 Å². The molecule has 4 heteroatoms. The minimum atomic E-state index is -0.551. The average Bonchev–Trinajstić information content (AvgIpc) is 2.70. The molecule has 3 atom stereocenters. The van der Waals surface area contributed by atoms with Crippen molar-refractivity contribution in [1.82, 2.24) is 5.32 Å². The molecule has 4 nitrogen and oxygen atoms in total. The molecule has 0 saturated carbocycles. The molecule has 1 fully saturated rings. The Labute approximate surface area is 97.0 Å². The Morgan fingerprint density at radius 2 is 2.19 bits per heavy atom. The van der Waals surface area contributed by atoms with Crippen LogP contribution in [0.1, 0.15) is 27.2 Å². The second kappa shape index (κ2) is 5.86. The summed E-state index contributed by atoms with van der Waals surface area (Å²) in [5.74, 6) is -0.269. The maximum absolute atomic E-state index is 11.8. The minimum Gasteiger partial charge on any atom is -0.381 e. The largest absolute Gasteiger partial charge is 0.381 e. The summed E-state index contributed by atoms with van der Waals surface area (Å²) in [4.78, 5) is 11.8. The molecule has 0 aromatic carbocycles. The third kappa shape index (κ3) is 3.21. The standard InChI is InChI=1S/C12H20N2O2/c1-8(2)11(6-13)12(15)14-9(3)10-4-5-16-7-10/h8-11H,4-5,7H2,1-3H3,(H,14,15). The number of hydrogen-bond donors (Lipinski definition) is 1. The smallest absolute Gasteiger partial charge is 0.237 e. The molecule has 0 aromatic rings. The fraction of sp³-hybridized carbons (Fsp3) is 0.833. The van der Waals surface area contributed by atoms with Crippen LogP contribution in [0.4, 0.5) is 0 Å². The fourth-order valence-electron chi connectivity index (χ4n) is 1.89. The Morgan fingerprint density at radius 1 is 1.50 bits per heavy atom. The molecule has 1 amide bonds. The van der Waals surface area contributed by atoms with Crippen LogP contribution in [0.2, 0.25) is 0 Å². The molecule has 0 bridgehead atoms. The molecule has 1 N–H and O–H groups in total. The van der Waals surface area contributed by atoms with Crippen LogP contribution in [-0.2, 0) is 9.53 Å². The molecule has 90 valence electrons. The SMILES string of the molecule is CC(C)C(C#N)C(=O)NC(C)C1CCOC1. The van der Waals surface area contributed by atoms with Gasteiger partial charge >= 0.3 is 0 Å². The van der Waals surface area contributed by atoms with E-state index in [1.165, 1.54) is 0 Å². The van der Waals surface area contributed by atoms with Gasteiger partial charge in [-0.05, 0) is 19.3 Å². The van der Waals surface area contributed by atoms with Crippen LogP contribution in [0.5, 0.6) is 0 Å². The molecule has 16 heavy (non-hydrogen) atoms. The van der Waals surface area contributed by atoms with Crippen LogP contribution in [0.15, 0.2) is 0 Å². The number of carbonyl (C=O) groups is 1. The Hall–Kier alpha value is -1.08. The summed E-state index contributed by atoms with van der Waals surface area (Å²) < 4.78 is 5.28. The molecule has 0 spiro atoms. The van der Waals surface area contributed by atoms with E-state index >= 15 is 0 Å². The van der Waals surface area contributed by atoms with Gasteiger partial charge in [0.25, 0.3) is 0 Å². The van der Waals surface area contributed by atoms with Crippen LogP contribution in [-0.4, -0.2) is 25.2 Å². The molecule has 1 aliphatic rings. The number of nitrogens with zero attached hydrogens (tertiary/aromatic N) is 1. The van der Waals surface area contributed by atoms with E-state index in [9.17, 15) is 4.79 Å². The van der Waals surface area contributed by atoms with E-state index < -0.39 is 5.92 Å². The number of nitriles is 1. The van der Waals surface area contributed by atoms with Gasteiger partial charge in [-0.3, -0.25) is 4.79 Å². The second-order valence-electron chi connectivity index (χ2n) is 4.77. The van der Waals surface area contributed by atoms with Gasteiger partial charge in [0.15, 0.2) is 0 Å². The summed E-state index contributed by atoms with van der Waals surface area (Å²) in [7, 11) is 0. The van der Waals surface area contributed by atoms with Crippen molar-refractivity contribution in [1.29, 1.82) is 5.26 Å². The summed E-state index contributed by atoms with van der Waals surface area (Å²) in [6.07, 6.45) is 0.986. The lowest BCUT2D eigenvalue weighted by Gasteiger charge is -2.21. The second-order valence-corrected chi connectivity index (χ2v) is 4.77. The van der Waals surface area contributed by atoms with Gasteiger partial charge in [-0.15, -0.1) is 0 Å². The van der Waals surface area contributed by atoms with Gasteiger partial charge in [0.1, 0.15) is 5.92 Å². The van der Waals surface area contributed by atoms with Crippen LogP contribution in [0.25, 0.3) is 0 Å². The quantitative estimate of drug-likeness (QED) is 0.783. The normalized spacial score (nSPS) is 23.8. The lowest BCUT2D eigenvalue weighted by Crippen LogP contribution is -2.42. The highest BCUT2D eigenvalue weighted by Crippen LogP contribution is 2.17. The van der Waals surface area contributed by atoms with Crippen LogP contribution >= 0.6 is 0 Å². The van der Waals surface area contributed by atoms with Crippen molar-refractivity contribution in [3.05, 3.63) is 0 Å². The van der Waals surface area contributed by atoms with E-state index in [0.29, 0.717) is 12.5 Å². The van der Waals surface area contributed by atoms with Gasteiger partial charge in [-0.1, -0.05) is 13.8 Å². The van der Waals surface area contributed by atoms with E-state index in [4.69, 9.17) is 10.00 Å². The zero-order valence-corrected chi connectivity index (χ0v) is 10.2. The summed E-state index contributed by atoms with van der Waals surface area (Å²) in [6.45, 7) is 7.23. The molecule has 1 heterocycles. The first kappa shape index (κ1) is 13.0. The van der Waals surface area contributed by atoms with Crippen molar-refractivity contribution >= 4 is 5.91 Å². The van der Waals surface area contributed by atoms with Gasteiger partial charge in [-0.2, -0.15) is 5.26 Å². The first-order valence-corrected chi connectivity index (χ1v) is 5.84. The van der Waals surface area contributed by atoms with Gasteiger partial charge in [0, 0.05) is 18.6 Å². The minimum absolute atomic E-state index is 0.0528. The van der Waals surface area contributed by atoms with Gasteiger partial charge in [-0.25, -0.2) is 0 Å². The molecule has 1 saturated heterocycles. The van der Waals surface area contributed by atoms with Crippen molar-refractivity contribution in [3.8, 4) is 6.07 Å². The molecule has 0 radical (unpaired) electrons. The lowest BCUT2D eigenvalue weighted by atomic mass is 9.94. The Kier molecular flexibility index (Phi) is 4.75. The summed E-state index contributed by atoms with van der Waals surface area (Å²) >= 11 is 0. The van der Waals surface area contributed by atoms with Crippen LogP contribution in [0, 0.1) is 29.1 Å². The topological polar surface area (TPSA) is 62.1 Å². The van der Waals surface area contributed by atoms with Crippen LogP contribution in [0.3, 0.4) is 0 Å². The molecule has 1 rings (SSSR count). The first-order valence-electron chi connectivity index (χ1n) is 5.84. The number of hydrogen-bond acceptors (Lipinski definition) is 3. The first-order chi connectivity index (χ1) is 7.56. The highest BCUT2D eigenvalue weighted by molar-refractivity contribution is 5.81. The highest BCUT2D eigenvalue weighted by atomic mass is 16.5. The highest BCUT2D eigenvalue weighted by Gasteiger charge is 2.27. The van der Waals surface area contributed by atoms with Gasteiger partial charge in [0.05, 0.1) is 12.7 Å². The number of nitrogens with one attached hydrogen (secondary N) is 1. The Bertz CT molecular complexity index is 277. The number of rotatable bonds is 4. The Morgan fingerprint density at radius 3 is 2.62 bits per heavy atom. The average molecular weight is 224 g/mol. The number of carbonyl (C=O) groups excluding carboxylic acids is 1. The van der Waals surface area contributed by atoms with Crippen molar-refractivity contribution in [2.75, 3.05) is 13.2 Å². The summed E-state index contributed by atoms with van der Waals surface area (Å²) in [6, 6.07) is 2.14. The molecular formula is C12H20N2O2. The van der Waals surface area contributed by atoms with Gasteiger partial charge < -0.3 is 10.1 Å². The van der Waals surface area contributed by atoms with E-state index in [1.54, 1.807) is 0 Å². The maximum atomic E-state index is 11.8. The third-order valence-corrected chi connectivity index (χ3v) is 3.13. The van der Waals surface area contributed by atoms with E-state index in [2.05, 4.69) is 11.4 Å². The van der Waals surface area contributed by atoms with Crippen LogP contribution < -0.4 is 5.32 Å². The summed E-state index contributed by atoms with van der Waals surface area (Å²) in [5, 5.41) is 11.8. The molecule has 0 aliphatic carbocycles. The lowest BCUT2D eigenvalue weighted by molar-refractivity contribution is -0.125. The molecule has 0 aromatic heterocycles. The fourth-order valence-corrected chi connectivity index (χ4v) is 1.89. The maximum Gasteiger partial charge on any atom is 0.237 e. The zero-order valence-electron chi connectivity index (χ0n) is 10.2. The predicted octanol–water partition coefficient (Wildman–Crippen LogP) is 1.32. The molecular weight excluding hydrogens is 204 g/mol. The van der Waals surface area contributed by atoms with Crippen molar-refractivity contribution in [2.24, 2.45) is 17.8 Å². The van der Waals surface area contributed by atoms with Crippen molar-refractivity contribution in [2.45, 2.75) is 33.2 Å². The van der Waals surface area contributed by atoms with Crippen molar-refractivity contribution < 1.29 is 9.53 Å². The molecule has 1 aliphatic heterocycles. The zero-order chi connectivity index (χ0) is 12.1. The third-order valence-electron chi connectivity index (χ3n) is 3.13. The Balaban J connectivity index is 2.46. The van der Waals surface area contributed by atoms with Gasteiger partial charge in [0.2, 0.25) is 5.91 Å². The monoisotopic (exact) mass is 224 g/mol. The molecule has 3 unspecified atom stereocenters. The number of amides is 1. The van der Waals surface area contributed by atoms with E-state index in [-0.39, 0.29) is 17.9 Å². The predicted molar refractivity (Wildman–Crippen MR) is 60.5 cm³/mol.